The summed E-state index contributed by atoms with van der Waals surface area (Å²) in [6.07, 6.45) is 0.984. The molecule has 1 heterocycles. The molecule has 4 N–H and O–H groups in total. The molecule has 0 radical (unpaired) electrons. The zero-order valence-electron chi connectivity index (χ0n) is 8.21. The lowest BCUT2D eigenvalue weighted by Gasteiger charge is -2.31. The summed E-state index contributed by atoms with van der Waals surface area (Å²) in [5.41, 5.74) is 5.11. The van der Waals surface area contributed by atoms with Crippen molar-refractivity contribution in [2.45, 2.75) is 26.3 Å². The second kappa shape index (κ2) is 3.64. The molecule has 1 aliphatic rings. The minimum atomic E-state index is -0.823. The Bertz CT molecular complexity index is 198. The molecule has 1 rings (SSSR count). The van der Waals surface area contributed by atoms with E-state index >= 15 is 0 Å². The van der Waals surface area contributed by atoms with Gasteiger partial charge in [0.2, 0.25) is 0 Å². The molecule has 76 valence electrons. The number of carbonyl (C=O) groups is 1. The van der Waals surface area contributed by atoms with Crippen LogP contribution in [0.3, 0.4) is 0 Å². The first-order chi connectivity index (χ1) is 5.96. The maximum atomic E-state index is 10.9. The third-order valence-corrected chi connectivity index (χ3v) is 2.99. The van der Waals surface area contributed by atoms with Crippen LogP contribution in [0.2, 0.25) is 0 Å². The van der Waals surface area contributed by atoms with E-state index in [0.717, 1.165) is 19.5 Å². The lowest BCUT2D eigenvalue weighted by Crippen LogP contribution is -2.48. The quantitative estimate of drug-likeness (QED) is 0.581. The molecule has 1 saturated heterocycles. The van der Waals surface area contributed by atoms with Gasteiger partial charge in [0, 0.05) is 6.04 Å². The number of nitrogens with one attached hydrogen (secondary N) is 1. The van der Waals surface area contributed by atoms with E-state index in [1.165, 1.54) is 0 Å². The Morgan fingerprint density at radius 2 is 2.31 bits per heavy atom. The Hall–Kier alpha value is -0.610. The molecule has 2 unspecified atom stereocenters. The van der Waals surface area contributed by atoms with Crippen LogP contribution in [0, 0.1) is 11.3 Å². The standard InChI is InChI=1S/C9H18N2O2/c1-9(2,8(12)13)7(10)6-3-4-11-5-6/h6-7,11H,3-5,10H2,1-2H3,(H,12,13). The molecule has 4 heteroatoms. The van der Waals surface area contributed by atoms with Crippen LogP contribution in [0.4, 0.5) is 0 Å². The topological polar surface area (TPSA) is 75.3 Å². The van der Waals surface area contributed by atoms with Gasteiger partial charge in [-0.1, -0.05) is 0 Å². The van der Waals surface area contributed by atoms with Crippen LogP contribution in [-0.4, -0.2) is 30.2 Å². The first kappa shape index (κ1) is 10.5. The van der Waals surface area contributed by atoms with Crippen molar-refractivity contribution in [1.29, 1.82) is 0 Å². The van der Waals surface area contributed by atoms with Crippen LogP contribution in [-0.2, 0) is 4.79 Å². The molecule has 4 nitrogen and oxygen atoms in total. The van der Waals surface area contributed by atoms with Crippen molar-refractivity contribution in [3.63, 3.8) is 0 Å². The molecule has 1 aliphatic heterocycles. The van der Waals surface area contributed by atoms with Crippen LogP contribution in [0.1, 0.15) is 20.3 Å². The van der Waals surface area contributed by atoms with E-state index in [1.54, 1.807) is 13.8 Å². The Morgan fingerprint density at radius 3 is 2.69 bits per heavy atom. The van der Waals surface area contributed by atoms with E-state index in [1.807, 2.05) is 0 Å². The third-order valence-electron chi connectivity index (χ3n) is 2.99. The van der Waals surface area contributed by atoms with Crippen LogP contribution >= 0.6 is 0 Å². The molecule has 0 saturated carbocycles. The van der Waals surface area contributed by atoms with Gasteiger partial charge in [0.15, 0.2) is 0 Å². The largest absolute Gasteiger partial charge is 0.481 e. The van der Waals surface area contributed by atoms with E-state index in [0.29, 0.717) is 5.92 Å². The lowest BCUT2D eigenvalue weighted by molar-refractivity contribution is -0.148. The minimum Gasteiger partial charge on any atom is -0.481 e. The lowest BCUT2D eigenvalue weighted by atomic mass is 9.77. The molecular weight excluding hydrogens is 168 g/mol. The molecule has 0 aliphatic carbocycles. The second-order valence-electron chi connectivity index (χ2n) is 4.31. The number of carboxylic acids is 1. The summed E-state index contributed by atoms with van der Waals surface area (Å²) in [5, 5.41) is 12.2. The number of carboxylic acid groups (broad SMARTS) is 1. The third kappa shape index (κ3) is 2.00. The molecule has 2 atom stereocenters. The Morgan fingerprint density at radius 1 is 1.69 bits per heavy atom. The smallest absolute Gasteiger partial charge is 0.310 e. The summed E-state index contributed by atoms with van der Waals surface area (Å²) < 4.78 is 0. The number of hydrogen-bond acceptors (Lipinski definition) is 3. The van der Waals surface area contributed by atoms with E-state index < -0.39 is 11.4 Å². The minimum absolute atomic E-state index is 0.264. The Balaban J connectivity index is 2.64. The molecule has 0 aromatic carbocycles. The van der Waals surface area contributed by atoms with E-state index in [4.69, 9.17) is 10.8 Å². The molecule has 0 aromatic heterocycles. The van der Waals surface area contributed by atoms with Crippen molar-refractivity contribution in [3.05, 3.63) is 0 Å². The van der Waals surface area contributed by atoms with Gasteiger partial charge >= 0.3 is 5.97 Å². The summed E-state index contributed by atoms with van der Waals surface area (Å²) in [6, 6.07) is -0.264. The average molecular weight is 186 g/mol. The van der Waals surface area contributed by atoms with Gasteiger partial charge in [0.25, 0.3) is 0 Å². The fraction of sp³-hybridized carbons (Fsp3) is 0.889. The van der Waals surface area contributed by atoms with Gasteiger partial charge in [0.05, 0.1) is 5.41 Å². The molecule has 0 aromatic rings. The zero-order valence-corrected chi connectivity index (χ0v) is 8.21. The van der Waals surface area contributed by atoms with Crippen LogP contribution in [0.15, 0.2) is 0 Å². The van der Waals surface area contributed by atoms with Gasteiger partial charge in [-0.25, -0.2) is 0 Å². The summed E-state index contributed by atoms with van der Waals surface area (Å²) in [7, 11) is 0. The van der Waals surface area contributed by atoms with E-state index in [-0.39, 0.29) is 6.04 Å². The Kier molecular flexibility index (Phi) is 2.93. The Labute approximate surface area is 78.5 Å². The SMILES string of the molecule is CC(C)(C(=O)O)C(N)C1CCNC1. The predicted octanol–water partition coefficient (Wildman–Crippen LogP) is 0.0340. The summed E-state index contributed by atoms with van der Waals surface area (Å²) in [5.74, 6) is -0.516. The second-order valence-corrected chi connectivity index (χ2v) is 4.31. The van der Waals surface area contributed by atoms with E-state index in [2.05, 4.69) is 5.32 Å². The van der Waals surface area contributed by atoms with Gasteiger partial charge < -0.3 is 16.2 Å². The molecule has 0 spiro atoms. The van der Waals surface area contributed by atoms with Gasteiger partial charge in [-0.15, -0.1) is 0 Å². The number of rotatable bonds is 3. The monoisotopic (exact) mass is 186 g/mol. The zero-order chi connectivity index (χ0) is 10.1. The number of aliphatic carboxylic acids is 1. The molecule has 0 bridgehead atoms. The highest BCUT2D eigenvalue weighted by Gasteiger charge is 2.39. The van der Waals surface area contributed by atoms with Gasteiger partial charge in [-0.05, 0) is 39.3 Å². The fourth-order valence-corrected chi connectivity index (χ4v) is 1.72. The number of hydrogen-bond donors (Lipinski definition) is 3. The van der Waals surface area contributed by atoms with Gasteiger partial charge in [-0.2, -0.15) is 0 Å². The molecule has 13 heavy (non-hydrogen) atoms. The first-order valence-electron chi connectivity index (χ1n) is 4.66. The van der Waals surface area contributed by atoms with Crippen molar-refractivity contribution in [3.8, 4) is 0 Å². The van der Waals surface area contributed by atoms with Crippen LogP contribution in [0.5, 0.6) is 0 Å². The normalized spacial score (nSPS) is 25.9. The number of nitrogens with two attached hydrogens (primary N) is 1. The maximum absolute atomic E-state index is 10.9. The highest BCUT2D eigenvalue weighted by molar-refractivity contribution is 5.74. The van der Waals surface area contributed by atoms with Crippen molar-refractivity contribution < 1.29 is 9.90 Å². The highest BCUT2D eigenvalue weighted by atomic mass is 16.4. The van der Waals surface area contributed by atoms with Gasteiger partial charge in [0.1, 0.15) is 0 Å². The molecular formula is C9H18N2O2. The predicted molar refractivity (Wildman–Crippen MR) is 50.4 cm³/mol. The summed E-state index contributed by atoms with van der Waals surface area (Å²) in [6.45, 7) is 5.18. The van der Waals surface area contributed by atoms with Gasteiger partial charge in [-0.3, -0.25) is 4.79 Å². The van der Waals surface area contributed by atoms with Crippen molar-refractivity contribution in [2.75, 3.05) is 13.1 Å². The van der Waals surface area contributed by atoms with Crippen molar-refractivity contribution in [2.24, 2.45) is 17.1 Å². The average Bonchev–Trinajstić information content (AvgIpc) is 2.54. The summed E-state index contributed by atoms with van der Waals surface area (Å²) >= 11 is 0. The molecule has 0 amide bonds. The first-order valence-corrected chi connectivity index (χ1v) is 4.66. The van der Waals surface area contributed by atoms with E-state index in [9.17, 15) is 4.79 Å². The highest BCUT2D eigenvalue weighted by Crippen LogP contribution is 2.27. The maximum Gasteiger partial charge on any atom is 0.310 e. The van der Waals surface area contributed by atoms with Crippen molar-refractivity contribution >= 4 is 5.97 Å². The fourth-order valence-electron chi connectivity index (χ4n) is 1.72. The van der Waals surface area contributed by atoms with Crippen molar-refractivity contribution in [1.82, 2.24) is 5.32 Å². The summed E-state index contributed by atoms with van der Waals surface area (Å²) in [4.78, 5) is 10.9. The van der Waals surface area contributed by atoms with Crippen LogP contribution in [0.25, 0.3) is 0 Å². The van der Waals surface area contributed by atoms with Crippen LogP contribution < -0.4 is 11.1 Å². The molecule has 1 fully saturated rings.